The number of hydrogen-bond donors (Lipinski definition) is 2. The molecule has 4 nitrogen and oxygen atoms in total. The highest BCUT2D eigenvalue weighted by atomic mass is 15.2. The minimum atomic E-state index is 0.704. The zero-order valence-electron chi connectivity index (χ0n) is 10.2. The summed E-state index contributed by atoms with van der Waals surface area (Å²) < 4.78 is 0. The third-order valence-corrected chi connectivity index (χ3v) is 2.31. The lowest BCUT2D eigenvalue weighted by Gasteiger charge is -2.11. The van der Waals surface area contributed by atoms with E-state index in [0.717, 1.165) is 24.6 Å². The molecule has 0 aliphatic rings. The van der Waals surface area contributed by atoms with E-state index < -0.39 is 0 Å². The Labute approximate surface area is 97.2 Å². The van der Waals surface area contributed by atoms with Crippen LogP contribution in [0.3, 0.4) is 0 Å². The molecule has 0 aromatic carbocycles. The number of aryl methyl sites for hydroxylation is 1. The summed E-state index contributed by atoms with van der Waals surface area (Å²) in [6.07, 6.45) is 2.90. The standard InChI is InChI=1S/C12H20N4/c1-4-7-15-12(13-3)16-9-11-10(2)6-5-8-14-11/h5-6,8H,4,7,9H2,1-3H3,(H2,13,15,16). The van der Waals surface area contributed by atoms with Crippen LogP contribution in [0, 0.1) is 6.92 Å². The third-order valence-electron chi connectivity index (χ3n) is 2.31. The van der Waals surface area contributed by atoms with Crippen molar-refractivity contribution in [2.75, 3.05) is 13.6 Å². The molecular formula is C12H20N4. The Bertz CT molecular complexity index is 347. The van der Waals surface area contributed by atoms with Gasteiger partial charge in [-0.1, -0.05) is 13.0 Å². The number of hydrogen-bond acceptors (Lipinski definition) is 2. The topological polar surface area (TPSA) is 49.3 Å². The SMILES string of the molecule is CCCNC(=NC)NCc1ncccc1C. The summed E-state index contributed by atoms with van der Waals surface area (Å²) in [5.74, 6) is 0.826. The first-order valence-electron chi connectivity index (χ1n) is 5.63. The maximum Gasteiger partial charge on any atom is 0.191 e. The molecule has 1 aromatic rings. The molecular weight excluding hydrogens is 200 g/mol. The molecule has 0 aliphatic carbocycles. The molecule has 1 heterocycles. The van der Waals surface area contributed by atoms with Crippen LogP contribution in [-0.2, 0) is 6.54 Å². The molecule has 0 saturated carbocycles. The lowest BCUT2D eigenvalue weighted by Crippen LogP contribution is -2.37. The van der Waals surface area contributed by atoms with Crippen molar-refractivity contribution in [3.8, 4) is 0 Å². The van der Waals surface area contributed by atoms with Crippen LogP contribution in [0.25, 0.3) is 0 Å². The molecule has 2 N–H and O–H groups in total. The Kier molecular flexibility index (Phi) is 5.32. The number of nitrogens with zero attached hydrogens (tertiary/aromatic N) is 2. The summed E-state index contributed by atoms with van der Waals surface area (Å²) in [4.78, 5) is 8.46. The highest BCUT2D eigenvalue weighted by Crippen LogP contribution is 2.01. The average molecular weight is 220 g/mol. The molecule has 0 saturated heterocycles. The van der Waals surface area contributed by atoms with Gasteiger partial charge in [-0.05, 0) is 25.0 Å². The first kappa shape index (κ1) is 12.5. The van der Waals surface area contributed by atoms with E-state index in [0.29, 0.717) is 6.54 Å². The van der Waals surface area contributed by atoms with Crippen molar-refractivity contribution in [3.63, 3.8) is 0 Å². The zero-order valence-corrected chi connectivity index (χ0v) is 10.2. The number of rotatable bonds is 4. The molecule has 0 amide bonds. The van der Waals surface area contributed by atoms with Crippen LogP contribution in [-0.4, -0.2) is 24.5 Å². The van der Waals surface area contributed by atoms with Crippen LogP contribution < -0.4 is 10.6 Å². The van der Waals surface area contributed by atoms with E-state index in [2.05, 4.69) is 40.5 Å². The number of aromatic nitrogens is 1. The molecule has 0 fully saturated rings. The van der Waals surface area contributed by atoms with Gasteiger partial charge in [0.2, 0.25) is 0 Å². The number of pyridine rings is 1. The average Bonchev–Trinajstić information content (AvgIpc) is 2.31. The Hall–Kier alpha value is -1.58. The molecule has 16 heavy (non-hydrogen) atoms. The van der Waals surface area contributed by atoms with Crippen molar-refractivity contribution in [2.24, 2.45) is 4.99 Å². The normalized spacial score (nSPS) is 11.3. The van der Waals surface area contributed by atoms with Crippen molar-refractivity contribution in [1.29, 1.82) is 0 Å². The quantitative estimate of drug-likeness (QED) is 0.596. The van der Waals surface area contributed by atoms with Gasteiger partial charge >= 0.3 is 0 Å². The Morgan fingerprint density at radius 3 is 2.88 bits per heavy atom. The van der Waals surface area contributed by atoms with Gasteiger partial charge in [0, 0.05) is 19.8 Å². The van der Waals surface area contributed by atoms with Crippen LogP contribution in [0.5, 0.6) is 0 Å². The van der Waals surface area contributed by atoms with Crippen molar-refractivity contribution in [2.45, 2.75) is 26.8 Å². The summed E-state index contributed by atoms with van der Waals surface area (Å²) in [7, 11) is 1.77. The summed E-state index contributed by atoms with van der Waals surface area (Å²) in [6.45, 7) is 5.83. The highest BCUT2D eigenvalue weighted by Gasteiger charge is 2.00. The van der Waals surface area contributed by atoms with Crippen LogP contribution in [0.2, 0.25) is 0 Å². The molecule has 0 unspecified atom stereocenters. The zero-order chi connectivity index (χ0) is 11.8. The van der Waals surface area contributed by atoms with E-state index in [9.17, 15) is 0 Å². The minimum Gasteiger partial charge on any atom is -0.356 e. The third kappa shape index (κ3) is 3.88. The lowest BCUT2D eigenvalue weighted by molar-refractivity contribution is 0.770. The van der Waals surface area contributed by atoms with Crippen molar-refractivity contribution in [3.05, 3.63) is 29.6 Å². The van der Waals surface area contributed by atoms with Gasteiger partial charge in [-0.3, -0.25) is 9.98 Å². The smallest absolute Gasteiger partial charge is 0.191 e. The first-order valence-corrected chi connectivity index (χ1v) is 5.63. The number of aliphatic imine (C=N–C) groups is 1. The molecule has 0 bridgehead atoms. The maximum atomic E-state index is 4.32. The Balaban J connectivity index is 2.47. The summed E-state index contributed by atoms with van der Waals surface area (Å²) in [5.41, 5.74) is 2.25. The second-order valence-corrected chi connectivity index (χ2v) is 3.62. The van der Waals surface area contributed by atoms with E-state index in [1.807, 2.05) is 12.3 Å². The predicted molar refractivity (Wildman–Crippen MR) is 67.5 cm³/mol. The Morgan fingerprint density at radius 2 is 2.25 bits per heavy atom. The van der Waals surface area contributed by atoms with Crippen LogP contribution >= 0.6 is 0 Å². The minimum absolute atomic E-state index is 0.704. The molecule has 0 aliphatic heterocycles. The maximum absolute atomic E-state index is 4.32. The van der Waals surface area contributed by atoms with E-state index in [-0.39, 0.29) is 0 Å². The molecule has 0 atom stereocenters. The van der Waals surface area contributed by atoms with Gasteiger partial charge in [-0.15, -0.1) is 0 Å². The molecule has 1 rings (SSSR count). The Morgan fingerprint density at radius 1 is 1.44 bits per heavy atom. The van der Waals surface area contributed by atoms with Gasteiger partial charge in [-0.25, -0.2) is 0 Å². The largest absolute Gasteiger partial charge is 0.356 e. The molecule has 0 spiro atoms. The monoisotopic (exact) mass is 220 g/mol. The van der Waals surface area contributed by atoms with Crippen molar-refractivity contribution < 1.29 is 0 Å². The van der Waals surface area contributed by atoms with Crippen LogP contribution in [0.15, 0.2) is 23.3 Å². The van der Waals surface area contributed by atoms with E-state index >= 15 is 0 Å². The van der Waals surface area contributed by atoms with Crippen molar-refractivity contribution >= 4 is 5.96 Å². The second-order valence-electron chi connectivity index (χ2n) is 3.62. The molecule has 88 valence electrons. The molecule has 1 aromatic heterocycles. The van der Waals surface area contributed by atoms with E-state index in [1.54, 1.807) is 7.05 Å². The van der Waals surface area contributed by atoms with Crippen LogP contribution in [0.1, 0.15) is 24.6 Å². The number of guanidine groups is 1. The van der Waals surface area contributed by atoms with Gasteiger partial charge < -0.3 is 10.6 Å². The lowest BCUT2D eigenvalue weighted by atomic mass is 10.2. The summed E-state index contributed by atoms with van der Waals surface area (Å²) in [6, 6.07) is 4.01. The second kappa shape index (κ2) is 6.82. The fraction of sp³-hybridized carbons (Fsp3) is 0.500. The fourth-order valence-corrected chi connectivity index (χ4v) is 1.33. The van der Waals surface area contributed by atoms with E-state index in [4.69, 9.17) is 0 Å². The molecule has 4 heteroatoms. The predicted octanol–water partition coefficient (Wildman–Crippen LogP) is 1.47. The summed E-state index contributed by atoms with van der Waals surface area (Å²) >= 11 is 0. The summed E-state index contributed by atoms with van der Waals surface area (Å²) in [5, 5.41) is 6.46. The van der Waals surface area contributed by atoms with Gasteiger partial charge in [-0.2, -0.15) is 0 Å². The molecule has 0 radical (unpaired) electrons. The highest BCUT2D eigenvalue weighted by molar-refractivity contribution is 5.79. The van der Waals surface area contributed by atoms with Gasteiger partial charge in [0.15, 0.2) is 5.96 Å². The van der Waals surface area contributed by atoms with Gasteiger partial charge in [0.05, 0.1) is 12.2 Å². The van der Waals surface area contributed by atoms with Crippen molar-refractivity contribution in [1.82, 2.24) is 15.6 Å². The van der Waals surface area contributed by atoms with Crippen LogP contribution in [0.4, 0.5) is 0 Å². The fourth-order valence-electron chi connectivity index (χ4n) is 1.33. The first-order chi connectivity index (χ1) is 7.77. The van der Waals surface area contributed by atoms with Gasteiger partial charge in [0.25, 0.3) is 0 Å². The number of nitrogens with one attached hydrogen (secondary N) is 2. The van der Waals surface area contributed by atoms with E-state index in [1.165, 1.54) is 5.56 Å². The van der Waals surface area contributed by atoms with Gasteiger partial charge in [0.1, 0.15) is 0 Å².